The molecule has 0 saturated heterocycles. The third-order valence-electron chi connectivity index (χ3n) is 1.62. The van der Waals surface area contributed by atoms with Crippen molar-refractivity contribution in [2.24, 2.45) is 0 Å². The van der Waals surface area contributed by atoms with Gasteiger partial charge in [0.25, 0.3) is 6.08 Å². The van der Waals surface area contributed by atoms with Gasteiger partial charge in [0.05, 0.1) is 6.20 Å². The van der Waals surface area contributed by atoms with E-state index in [2.05, 4.69) is 15.0 Å². The van der Waals surface area contributed by atoms with Crippen LogP contribution in [0.2, 0.25) is 0 Å². The van der Waals surface area contributed by atoms with E-state index >= 15 is 0 Å². The average molecular weight is 216 g/mol. The molecule has 0 radical (unpaired) electrons. The first-order valence-corrected chi connectivity index (χ1v) is 4.39. The Balaban J connectivity index is 2.17. The first-order chi connectivity index (χ1) is 7.18. The van der Waals surface area contributed by atoms with Crippen LogP contribution in [0.3, 0.4) is 0 Å². The van der Waals surface area contributed by atoms with Crippen LogP contribution in [-0.2, 0) is 4.79 Å². The van der Waals surface area contributed by atoms with Gasteiger partial charge in [-0.25, -0.2) is 0 Å². The molecule has 1 aromatic rings. The van der Waals surface area contributed by atoms with Crippen molar-refractivity contribution >= 4 is 11.6 Å². The van der Waals surface area contributed by atoms with E-state index in [0.717, 1.165) is 6.08 Å². The van der Waals surface area contributed by atoms with Gasteiger partial charge in [0.15, 0.2) is 0 Å². The molecule has 0 unspecified atom stereocenters. The Morgan fingerprint density at radius 2 is 2.40 bits per heavy atom. The zero-order valence-electron chi connectivity index (χ0n) is 7.87. The van der Waals surface area contributed by atoms with E-state index in [-0.39, 0.29) is 18.7 Å². The zero-order valence-corrected chi connectivity index (χ0v) is 7.87. The Hall–Kier alpha value is -1.72. The standard InChI is InChI=1S/C9H10F2N2O2/c10-8(11)3-1-2-4-9(14)13-7-5-12-15-6-7/h3,5-6H,1-2,4H2,(H,13,14). The number of hydrogen-bond acceptors (Lipinski definition) is 3. The largest absolute Gasteiger partial charge is 0.363 e. The summed E-state index contributed by atoms with van der Waals surface area (Å²) in [6.45, 7) is 0. The van der Waals surface area contributed by atoms with Crippen molar-refractivity contribution in [2.45, 2.75) is 19.3 Å². The number of aromatic nitrogens is 1. The normalized spacial score (nSPS) is 9.73. The summed E-state index contributed by atoms with van der Waals surface area (Å²) in [4.78, 5) is 11.2. The van der Waals surface area contributed by atoms with Gasteiger partial charge in [0.1, 0.15) is 12.0 Å². The number of carbonyl (C=O) groups excluding carboxylic acids is 1. The van der Waals surface area contributed by atoms with Crippen LogP contribution in [0.25, 0.3) is 0 Å². The lowest BCUT2D eigenvalue weighted by molar-refractivity contribution is -0.116. The highest BCUT2D eigenvalue weighted by Crippen LogP contribution is 2.07. The molecular weight excluding hydrogens is 206 g/mol. The second-order valence-corrected chi connectivity index (χ2v) is 2.85. The van der Waals surface area contributed by atoms with Crippen LogP contribution in [-0.4, -0.2) is 11.1 Å². The van der Waals surface area contributed by atoms with E-state index in [1.54, 1.807) is 0 Å². The molecular formula is C9H10F2N2O2. The molecule has 1 N–H and O–H groups in total. The second kappa shape index (κ2) is 5.90. The van der Waals surface area contributed by atoms with Crippen molar-refractivity contribution in [1.82, 2.24) is 5.16 Å². The predicted octanol–water partition coefficient (Wildman–Crippen LogP) is 2.56. The molecule has 82 valence electrons. The fourth-order valence-electron chi connectivity index (χ4n) is 0.964. The van der Waals surface area contributed by atoms with Crippen LogP contribution in [0, 0.1) is 0 Å². The van der Waals surface area contributed by atoms with Crippen molar-refractivity contribution < 1.29 is 18.1 Å². The maximum absolute atomic E-state index is 11.6. The number of unbranched alkanes of at least 4 members (excludes halogenated alkanes) is 1. The molecule has 0 spiro atoms. The van der Waals surface area contributed by atoms with Gasteiger partial charge in [0, 0.05) is 6.42 Å². The average Bonchev–Trinajstić information content (AvgIpc) is 2.64. The van der Waals surface area contributed by atoms with Gasteiger partial charge in [-0.15, -0.1) is 0 Å². The maximum Gasteiger partial charge on any atom is 0.266 e. The first-order valence-electron chi connectivity index (χ1n) is 4.39. The molecule has 1 amide bonds. The molecule has 6 heteroatoms. The number of nitrogens with one attached hydrogen (secondary N) is 1. The third kappa shape index (κ3) is 4.90. The monoisotopic (exact) mass is 216 g/mol. The summed E-state index contributed by atoms with van der Waals surface area (Å²) in [5, 5.41) is 5.90. The molecule has 0 atom stereocenters. The summed E-state index contributed by atoms with van der Waals surface area (Å²) < 4.78 is 27.7. The van der Waals surface area contributed by atoms with Gasteiger partial charge in [-0.3, -0.25) is 4.79 Å². The Morgan fingerprint density at radius 1 is 1.60 bits per heavy atom. The smallest absolute Gasteiger partial charge is 0.266 e. The van der Waals surface area contributed by atoms with Crippen LogP contribution in [0.1, 0.15) is 19.3 Å². The van der Waals surface area contributed by atoms with E-state index in [0.29, 0.717) is 12.1 Å². The lowest BCUT2D eigenvalue weighted by Gasteiger charge is -1.99. The van der Waals surface area contributed by atoms with Crippen LogP contribution in [0.5, 0.6) is 0 Å². The van der Waals surface area contributed by atoms with E-state index in [1.165, 1.54) is 12.5 Å². The first kappa shape index (κ1) is 11.4. The molecule has 0 aliphatic heterocycles. The summed E-state index contributed by atoms with van der Waals surface area (Å²) in [6.07, 6.45) is 2.50. The SMILES string of the molecule is O=C(CCCC=C(F)F)Nc1cnoc1. The quantitative estimate of drug-likeness (QED) is 0.769. The summed E-state index contributed by atoms with van der Waals surface area (Å²) in [7, 11) is 0. The van der Waals surface area contributed by atoms with Crippen LogP contribution < -0.4 is 5.32 Å². The number of rotatable bonds is 5. The molecule has 1 heterocycles. The van der Waals surface area contributed by atoms with Gasteiger partial charge in [-0.2, -0.15) is 8.78 Å². The number of allylic oxidation sites excluding steroid dienone is 1. The molecule has 1 aromatic heterocycles. The van der Waals surface area contributed by atoms with Crippen molar-refractivity contribution in [3.63, 3.8) is 0 Å². The Bertz CT molecular complexity index is 332. The minimum Gasteiger partial charge on any atom is -0.363 e. The molecule has 0 fully saturated rings. The molecule has 0 aliphatic rings. The highest BCUT2D eigenvalue weighted by atomic mass is 19.3. The Kier molecular flexibility index (Phi) is 4.46. The molecule has 1 rings (SSSR count). The fourth-order valence-corrected chi connectivity index (χ4v) is 0.964. The van der Waals surface area contributed by atoms with Crippen molar-refractivity contribution in [1.29, 1.82) is 0 Å². The number of amides is 1. The number of carbonyl (C=O) groups is 1. The van der Waals surface area contributed by atoms with Crippen LogP contribution in [0.15, 0.2) is 29.1 Å². The third-order valence-corrected chi connectivity index (χ3v) is 1.62. The molecule has 0 bridgehead atoms. The van der Waals surface area contributed by atoms with Crippen molar-refractivity contribution in [2.75, 3.05) is 5.32 Å². The van der Waals surface area contributed by atoms with Gasteiger partial charge >= 0.3 is 0 Å². The molecule has 0 aromatic carbocycles. The highest BCUT2D eigenvalue weighted by molar-refractivity contribution is 5.90. The predicted molar refractivity (Wildman–Crippen MR) is 49.3 cm³/mol. The molecule has 15 heavy (non-hydrogen) atoms. The molecule has 4 nitrogen and oxygen atoms in total. The van der Waals surface area contributed by atoms with Gasteiger partial charge < -0.3 is 9.84 Å². The summed E-state index contributed by atoms with van der Waals surface area (Å²) in [5.41, 5.74) is 0.465. The number of anilines is 1. The maximum atomic E-state index is 11.6. The molecule has 0 aliphatic carbocycles. The minimum atomic E-state index is -1.71. The van der Waals surface area contributed by atoms with E-state index in [9.17, 15) is 13.6 Å². The Labute approximate surface area is 84.9 Å². The molecule has 0 saturated carbocycles. The van der Waals surface area contributed by atoms with Crippen LogP contribution in [0.4, 0.5) is 14.5 Å². The van der Waals surface area contributed by atoms with Gasteiger partial charge in [-0.1, -0.05) is 5.16 Å². The van der Waals surface area contributed by atoms with E-state index in [4.69, 9.17) is 0 Å². The van der Waals surface area contributed by atoms with Crippen LogP contribution >= 0.6 is 0 Å². The lowest BCUT2D eigenvalue weighted by atomic mass is 10.2. The highest BCUT2D eigenvalue weighted by Gasteiger charge is 2.02. The summed E-state index contributed by atoms with van der Waals surface area (Å²) >= 11 is 0. The van der Waals surface area contributed by atoms with E-state index < -0.39 is 6.08 Å². The minimum absolute atomic E-state index is 0.189. The van der Waals surface area contributed by atoms with Crippen molar-refractivity contribution in [3.8, 4) is 0 Å². The fraction of sp³-hybridized carbons (Fsp3) is 0.333. The Morgan fingerprint density at radius 3 is 3.00 bits per heavy atom. The topological polar surface area (TPSA) is 55.1 Å². The zero-order chi connectivity index (χ0) is 11.1. The van der Waals surface area contributed by atoms with Gasteiger partial charge in [0.2, 0.25) is 5.91 Å². The summed E-state index contributed by atoms with van der Waals surface area (Å²) in [6, 6.07) is 0. The summed E-state index contributed by atoms with van der Waals surface area (Å²) in [5.74, 6) is -0.245. The number of halogens is 2. The number of nitrogens with zero attached hydrogens (tertiary/aromatic N) is 1. The second-order valence-electron chi connectivity index (χ2n) is 2.85. The van der Waals surface area contributed by atoms with Gasteiger partial charge in [-0.05, 0) is 18.9 Å². The number of hydrogen-bond donors (Lipinski definition) is 1. The van der Waals surface area contributed by atoms with Crippen molar-refractivity contribution in [3.05, 3.63) is 24.6 Å². The lowest BCUT2D eigenvalue weighted by Crippen LogP contribution is -2.10. The van der Waals surface area contributed by atoms with E-state index in [1.807, 2.05) is 0 Å².